The zero-order valence-electron chi connectivity index (χ0n) is 15.4. The molecule has 0 aliphatic carbocycles. The van der Waals surface area contributed by atoms with Crippen molar-refractivity contribution in [2.75, 3.05) is 4.31 Å². The molecule has 1 aliphatic rings. The summed E-state index contributed by atoms with van der Waals surface area (Å²) in [7, 11) is -2.20. The Morgan fingerprint density at radius 2 is 1.61 bits per heavy atom. The Hall–Kier alpha value is -2.63. The fourth-order valence-corrected chi connectivity index (χ4v) is 4.81. The van der Waals surface area contributed by atoms with Crippen LogP contribution in [0.4, 0.5) is 36.4 Å². The number of hydrogen-bond acceptors (Lipinski definition) is 2. The van der Waals surface area contributed by atoms with Crippen LogP contribution in [0.5, 0.6) is 0 Å². The SMILES string of the molecule is O=C(O)C1CCc2cc(C(C(F)(F)F)C(F)(F)F)ccc2N1S(=O)c1ccc(F)cc1. The Balaban J connectivity index is 2.09. The predicted molar refractivity (Wildman–Crippen MR) is 96.3 cm³/mol. The van der Waals surface area contributed by atoms with E-state index in [0.29, 0.717) is 12.1 Å². The van der Waals surface area contributed by atoms with Crippen molar-refractivity contribution < 1.29 is 44.8 Å². The number of aliphatic carboxylic acids is 1. The number of aryl methyl sites for hydroxylation is 1. The van der Waals surface area contributed by atoms with Crippen LogP contribution in [0.1, 0.15) is 23.5 Å². The molecule has 2 unspecified atom stereocenters. The van der Waals surface area contributed by atoms with Gasteiger partial charge in [0.15, 0.2) is 16.9 Å². The second-order valence-electron chi connectivity index (χ2n) is 6.83. The second-order valence-corrected chi connectivity index (χ2v) is 8.19. The van der Waals surface area contributed by atoms with E-state index in [4.69, 9.17) is 0 Å². The van der Waals surface area contributed by atoms with Crippen LogP contribution in [0.15, 0.2) is 47.4 Å². The van der Waals surface area contributed by atoms with Gasteiger partial charge in [0.25, 0.3) is 0 Å². The molecule has 0 amide bonds. The number of benzene rings is 2. The Morgan fingerprint density at radius 3 is 2.13 bits per heavy atom. The summed E-state index contributed by atoms with van der Waals surface area (Å²) in [5.41, 5.74) is -1.10. The second kappa shape index (κ2) is 8.13. The molecule has 1 heterocycles. The Bertz CT molecular complexity index is 991. The minimum atomic E-state index is -5.58. The average molecular weight is 469 g/mol. The highest BCUT2D eigenvalue weighted by Crippen LogP contribution is 2.47. The number of fused-ring (bicyclic) bond motifs is 1. The van der Waals surface area contributed by atoms with Crippen LogP contribution in [0, 0.1) is 5.82 Å². The normalized spacial score (nSPS) is 18.1. The standard InChI is InChI=1S/C19H14F7NO3S/c20-12-3-5-13(6-4-12)31(30)27-14-7-2-11(16(18(21,22)23)19(24,25)26)9-10(14)1-8-15(27)17(28)29/h2-7,9,15-16H,1,8H2,(H,28,29). The Kier molecular flexibility index (Phi) is 6.05. The first-order valence-corrected chi connectivity index (χ1v) is 9.87. The molecule has 168 valence electrons. The van der Waals surface area contributed by atoms with Crippen molar-refractivity contribution in [2.24, 2.45) is 0 Å². The zero-order valence-corrected chi connectivity index (χ0v) is 16.2. The molecule has 0 saturated carbocycles. The average Bonchev–Trinajstić information content (AvgIpc) is 2.64. The van der Waals surface area contributed by atoms with Gasteiger partial charge in [0, 0.05) is 0 Å². The molecule has 0 radical (unpaired) electrons. The summed E-state index contributed by atoms with van der Waals surface area (Å²) in [5.74, 6) is -5.71. The van der Waals surface area contributed by atoms with Gasteiger partial charge in [-0.2, -0.15) is 26.3 Å². The summed E-state index contributed by atoms with van der Waals surface area (Å²) in [6.45, 7) is 0. The highest BCUT2D eigenvalue weighted by Gasteiger charge is 2.57. The van der Waals surface area contributed by atoms with Crippen molar-refractivity contribution in [3.05, 3.63) is 59.4 Å². The molecule has 3 rings (SSSR count). The molecule has 1 aliphatic heterocycles. The highest BCUT2D eigenvalue weighted by atomic mass is 32.2. The fraction of sp³-hybridized carbons (Fsp3) is 0.316. The maximum absolute atomic E-state index is 13.2. The third-order valence-corrected chi connectivity index (χ3v) is 6.26. The van der Waals surface area contributed by atoms with Crippen molar-refractivity contribution >= 4 is 22.6 Å². The number of carboxylic acids is 1. The minimum absolute atomic E-state index is 0.00367. The van der Waals surface area contributed by atoms with Crippen molar-refractivity contribution in [1.29, 1.82) is 0 Å². The lowest BCUT2D eigenvalue weighted by Gasteiger charge is -2.35. The monoisotopic (exact) mass is 469 g/mol. The number of alkyl halides is 6. The van der Waals surface area contributed by atoms with E-state index >= 15 is 0 Å². The largest absolute Gasteiger partial charge is 0.480 e. The van der Waals surface area contributed by atoms with E-state index in [2.05, 4.69) is 0 Å². The fourth-order valence-electron chi connectivity index (χ4n) is 3.43. The first-order valence-electron chi connectivity index (χ1n) is 8.76. The summed E-state index contributed by atoms with van der Waals surface area (Å²) in [4.78, 5) is 11.7. The molecule has 0 spiro atoms. The number of carbonyl (C=O) groups is 1. The van der Waals surface area contributed by atoms with E-state index in [-0.39, 0.29) is 29.0 Å². The van der Waals surface area contributed by atoms with Crippen LogP contribution in [0.2, 0.25) is 0 Å². The van der Waals surface area contributed by atoms with Crippen molar-refractivity contribution in [3.63, 3.8) is 0 Å². The van der Waals surface area contributed by atoms with Crippen LogP contribution in [0.25, 0.3) is 0 Å². The van der Waals surface area contributed by atoms with Crippen LogP contribution in [-0.2, 0) is 22.2 Å². The van der Waals surface area contributed by atoms with Crippen LogP contribution in [-0.4, -0.2) is 33.7 Å². The third kappa shape index (κ3) is 4.68. The van der Waals surface area contributed by atoms with Gasteiger partial charge in [0.1, 0.15) is 11.9 Å². The first kappa shape index (κ1) is 23.0. The highest BCUT2D eigenvalue weighted by molar-refractivity contribution is 7.86. The van der Waals surface area contributed by atoms with E-state index in [0.717, 1.165) is 34.6 Å². The van der Waals surface area contributed by atoms with Crippen LogP contribution < -0.4 is 4.31 Å². The van der Waals surface area contributed by atoms with Gasteiger partial charge in [-0.1, -0.05) is 12.1 Å². The predicted octanol–water partition coefficient (Wildman–Crippen LogP) is 4.96. The van der Waals surface area contributed by atoms with Crippen molar-refractivity contribution in [3.8, 4) is 0 Å². The van der Waals surface area contributed by atoms with Gasteiger partial charge >= 0.3 is 18.3 Å². The molecule has 12 heteroatoms. The summed E-state index contributed by atoms with van der Waals surface area (Å²) in [6, 6.07) is 5.17. The molecule has 1 N–H and O–H groups in total. The van der Waals surface area contributed by atoms with E-state index in [1.54, 1.807) is 0 Å². The van der Waals surface area contributed by atoms with Crippen LogP contribution in [0.3, 0.4) is 0 Å². The van der Waals surface area contributed by atoms with Gasteiger partial charge in [0.05, 0.1) is 10.6 Å². The molecule has 2 aromatic carbocycles. The van der Waals surface area contributed by atoms with Crippen molar-refractivity contribution in [2.45, 2.75) is 42.0 Å². The van der Waals surface area contributed by atoms with E-state index in [1.807, 2.05) is 0 Å². The van der Waals surface area contributed by atoms with E-state index in [1.165, 1.54) is 0 Å². The zero-order chi connectivity index (χ0) is 23.1. The lowest BCUT2D eigenvalue weighted by molar-refractivity contribution is -0.253. The number of carboxylic acid groups (broad SMARTS) is 1. The summed E-state index contributed by atoms with van der Waals surface area (Å²) in [6.07, 6.45) is -11.5. The molecule has 2 atom stereocenters. The van der Waals surface area contributed by atoms with Gasteiger partial charge in [-0.3, -0.25) is 4.31 Å². The summed E-state index contributed by atoms with van der Waals surface area (Å²) < 4.78 is 106. The Labute approximate surface area is 173 Å². The number of nitrogens with zero attached hydrogens (tertiary/aromatic N) is 1. The quantitative estimate of drug-likeness (QED) is 0.644. The number of rotatable bonds is 4. The van der Waals surface area contributed by atoms with Crippen molar-refractivity contribution in [1.82, 2.24) is 0 Å². The van der Waals surface area contributed by atoms with E-state index in [9.17, 15) is 44.8 Å². The van der Waals surface area contributed by atoms with Gasteiger partial charge in [-0.15, -0.1) is 0 Å². The van der Waals surface area contributed by atoms with Gasteiger partial charge in [-0.25, -0.2) is 13.4 Å². The topological polar surface area (TPSA) is 57.6 Å². The maximum Gasteiger partial charge on any atom is 0.404 e. The third-order valence-electron chi connectivity index (χ3n) is 4.78. The lowest BCUT2D eigenvalue weighted by Crippen LogP contribution is -2.45. The van der Waals surface area contributed by atoms with E-state index < -0.39 is 52.6 Å². The van der Waals surface area contributed by atoms with Gasteiger partial charge in [-0.05, 0) is 54.3 Å². The number of halogens is 7. The van der Waals surface area contributed by atoms with Crippen LogP contribution >= 0.6 is 0 Å². The molecule has 0 saturated heterocycles. The maximum atomic E-state index is 13.2. The molecule has 31 heavy (non-hydrogen) atoms. The molecule has 0 fully saturated rings. The molecular weight excluding hydrogens is 455 g/mol. The molecule has 2 aromatic rings. The smallest absolute Gasteiger partial charge is 0.404 e. The number of hydrogen-bond donors (Lipinski definition) is 1. The van der Waals surface area contributed by atoms with Gasteiger partial charge in [0.2, 0.25) is 0 Å². The summed E-state index contributed by atoms with van der Waals surface area (Å²) >= 11 is 0. The lowest BCUT2D eigenvalue weighted by atomic mass is 9.91. The molecule has 0 aromatic heterocycles. The van der Waals surface area contributed by atoms with Gasteiger partial charge < -0.3 is 5.11 Å². The molecular formula is C19H14F7NO3S. The Morgan fingerprint density at radius 1 is 1.03 bits per heavy atom. The minimum Gasteiger partial charge on any atom is -0.480 e. The molecule has 4 nitrogen and oxygen atoms in total. The molecule has 0 bridgehead atoms. The number of anilines is 1. The summed E-state index contributed by atoms with van der Waals surface area (Å²) in [5, 5.41) is 9.50. The first-order chi connectivity index (χ1) is 14.3.